The summed E-state index contributed by atoms with van der Waals surface area (Å²) in [7, 11) is 0. The van der Waals surface area contributed by atoms with Gasteiger partial charge in [-0.25, -0.2) is 0 Å². The first-order chi connectivity index (χ1) is 9.83. The zero-order valence-electron chi connectivity index (χ0n) is 11.4. The molecule has 2 heteroatoms. The van der Waals surface area contributed by atoms with Crippen LogP contribution in [0.2, 0.25) is 0 Å². The minimum absolute atomic E-state index is 1.09. The molecule has 3 rings (SSSR count). The molecule has 0 saturated carbocycles. The number of benzene rings is 2. The summed E-state index contributed by atoms with van der Waals surface area (Å²) >= 11 is 3.55. The van der Waals surface area contributed by atoms with Crippen molar-refractivity contribution < 1.29 is 0 Å². The maximum absolute atomic E-state index is 3.55. The van der Waals surface area contributed by atoms with Crippen LogP contribution in [-0.4, -0.2) is 4.57 Å². The first-order valence-electron chi connectivity index (χ1n) is 7.11. The quantitative estimate of drug-likeness (QED) is 0.551. The Morgan fingerprint density at radius 2 is 1.75 bits per heavy atom. The molecule has 0 bridgehead atoms. The molecule has 0 aliphatic heterocycles. The lowest BCUT2D eigenvalue weighted by Gasteiger charge is -2.06. The molecule has 0 atom stereocenters. The van der Waals surface area contributed by atoms with E-state index in [0.717, 1.165) is 11.0 Å². The number of halogens is 1. The molecular weight excluding hydrogens is 310 g/mol. The molecule has 3 aromatic rings. The Morgan fingerprint density at radius 1 is 0.900 bits per heavy atom. The molecule has 1 heterocycles. The predicted octanol–water partition coefficient (Wildman–Crippen LogP) is 5.43. The molecule has 102 valence electrons. The van der Waals surface area contributed by atoms with Crippen LogP contribution >= 0.6 is 15.9 Å². The predicted molar refractivity (Wildman–Crippen MR) is 89.0 cm³/mol. The van der Waals surface area contributed by atoms with Gasteiger partial charge in [-0.05, 0) is 48.4 Å². The lowest BCUT2D eigenvalue weighted by Crippen LogP contribution is -1.97. The third kappa shape index (κ3) is 3.13. The fourth-order valence-corrected chi connectivity index (χ4v) is 2.96. The van der Waals surface area contributed by atoms with E-state index < -0.39 is 0 Å². The number of hydrogen-bond donors (Lipinski definition) is 0. The molecule has 0 N–H and O–H groups in total. The van der Waals surface area contributed by atoms with Crippen LogP contribution in [-0.2, 0) is 13.0 Å². The molecule has 0 aliphatic carbocycles. The van der Waals surface area contributed by atoms with E-state index in [1.54, 1.807) is 0 Å². The summed E-state index contributed by atoms with van der Waals surface area (Å²) in [6, 6.07) is 19.4. The molecule has 0 fully saturated rings. The van der Waals surface area contributed by atoms with Crippen molar-refractivity contribution >= 4 is 26.8 Å². The molecule has 0 radical (unpaired) electrons. The van der Waals surface area contributed by atoms with E-state index in [-0.39, 0.29) is 0 Å². The Hall–Kier alpha value is -1.54. The lowest BCUT2D eigenvalue weighted by molar-refractivity contribution is 0.624. The third-order valence-corrected chi connectivity index (χ3v) is 4.19. The largest absolute Gasteiger partial charge is 0.347 e. The maximum Gasteiger partial charge on any atom is 0.0491 e. The molecule has 1 aromatic heterocycles. The van der Waals surface area contributed by atoms with Crippen LogP contribution in [0.5, 0.6) is 0 Å². The van der Waals surface area contributed by atoms with Gasteiger partial charge >= 0.3 is 0 Å². The Bertz CT molecular complexity index is 685. The first-order valence-corrected chi connectivity index (χ1v) is 7.90. The lowest BCUT2D eigenvalue weighted by atomic mass is 10.1. The van der Waals surface area contributed by atoms with Gasteiger partial charge in [0, 0.05) is 22.7 Å². The van der Waals surface area contributed by atoms with Gasteiger partial charge in [0.1, 0.15) is 0 Å². The second-order valence-electron chi connectivity index (χ2n) is 5.15. The summed E-state index contributed by atoms with van der Waals surface area (Å²) in [5.74, 6) is 0. The third-order valence-electron chi connectivity index (χ3n) is 3.69. The van der Waals surface area contributed by atoms with Crippen molar-refractivity contribution in [1.82, 2.24) is 4.57 Å². The summed E-state index contributed by atoms with van der Waals surface area (Å²) in [4.78, 5) is 0. The molecule has 0 spiro atoms. The summed E-state index contributed by atoms with van der Waals surface area (Å²) in [6.45, 7) is 1.09. The first kappa shape index (κ1) is 13.4. The Kier molecular flexibility index (Phi) is 4.22. The minimum atomic E-state index is 1.09. The van der Waals surface area contributed by atoms with Gasteiger partial charge in [0.05, 0.1) is 0 Å². The molecule has 0 saturated heterocycles. The standard InChI is InChI=1S/C18H18BrN/c19-17-10-9-16-11-13-20(18(16)14-17)12-5-4-8-15-6-2-1-3-7-15/h1-3,6-7,9-11,13-14H,4-5,8,12H2. The summed E-state index contributed by atoms with van der Waals surface area (Å²) in [5.41, 5.74) is 2.76. The van der Waals surface area contributed by atoms with Crippen LogP contribution in [0.25, 0.3) is 10.9 Å². The number of aromatic nitrogens is 1. The average Bonchev–Trinajstić information content (AvgIpc) is 2.87. The van der Waals surface area contributed by atoms with Gasteiger partial charge in [0.2, 0.25) is 0 Å². The monoisotopic (exact) mass is 327 g/mol. The highest BCUT2D eigenvalue weighted by Gasteiger charge is 2.01. The SMILES string of the molecule is Brc1ccc2ccn(CCCCc3ccccc3)c2c1. The highest BCUT2D eigenvalue weighted by Crippen LogP contribution is 2.21. The number of hydrogen-bond acceptors (Lipinski definition) is 0. The molecule has 0 amide bonds. The van der Waals surface area contributed by atoms with Crippen molar-refractivity contribution in [3.63, 3.8) is 0 Å². The van der Waals surface area contributed by atoms with Crippen molar-refractivity contribution in [3.05, 3.63) is 70.8 Å². The van der Waals surface area contributed by atoms with Crippen LogP contribution < -0.4 is 0 Å². The second-order valence-corrected chi connectivity index (χ2v) is 6.07. The highest BCUT2D eigenvalue weighted by atomic mass is 79.9. The van der Waals surface area contributed by atoms with Gasteiger partial charge in [-0.2, -0.15) is 0 Å². The van der Waals surface area contributed by atoms with Gasteiger partial charge in [0.25, 0.3) is 0 Å². The van der Waals surface area contributed by atoms with E-state index in [0.29, 0.717) is 0 Å². The van der Waals surface area contributed by atoms with E-state index in [2.05, 4.69) is 81.3 Å². The topological polar surface area (TPSA) is 4.93 Å². The smallest absolute Gasteiger partial charge is 0.0491 e. The van der Waals surface area contributed by atoms with Crippen LogP contribution in [0, 0.1) is 0 Å². The zero-order chi connectivity index (χ0) is 13.8. The minimum Gasteiger partial charge on any atom is -0.347 e. The summed E-state index contributed by atoms with van der Waals surface area (Å²) < 4.78 is 3.50. The molecule has 0 aliphatic rings. The van der Waals surface area contributed by atoms with Gasteiger partial charge in [0.15, 0.2) is 0 Å². The number of unbranched alkanes of at least 4 members (excludes halogenated alkanes) is 1. The normalized spacial score (nSPS) is 11.1. The van der Waals surface area contributed by atoms with Crippen molar-refractivity contribution in [1.29, 1.82) is 0 Å². The van der Waals surface area contributed by atoms with E-state index in [9.17, 15) is 0 Å². The zero-order valence-corrected chi connectivity index (χ0v) is 13.0. The Morgan fingerprint density at radius 3 is 2.60 bits per heavy atom. The second kappa shape index (κ2) is 6.27. The molecular formula is C18H18BrN. The van der Waals surface area contributed by atoms with E-state index in [1.165, 1.54) is 35.7 Å². The number of rotatable bonds is 5. The molecule has 20 heavy (non-hydrogen) atoms. The van der Waals surface area contributed by atoms with Crippen LogP contribution in [0.4, 0.5) is 0 Å². The number of aryl methyl sites for hydroxylation is 2. The van der Waals surface area contributed by atoms with E-state index in [1.807, 2.05) is 0 Å². The summed E-state index contributed by atoms with van der Waals surface area (Å²) in [5, 5.41) is 1.32. The molecule has 2 aromatic carbocycles. The Labute approximate surface area is 128 Å². The van der Waals surface area contributed by atoms with Gasteiger partial charge < -0.3 is 4.57 Å². The van der Waals surface area contributed by atoms with Gasteiger partial charge in [-0.3, -0.25) is 0 Å². The van der Waals surface area contributed by atoms with E-state index in [4.69, 9.17) is 0 Å². The average molecular weight is 328 g/mol. The van der Waals surface area contributed by atoms with Crippen molar-refractivity contribution in [2.45, 2.75) is 25.8 Å². The van der Waals surface area contributed by atoms with Gasteiger partial charge in [-0.15, -0.1) is 0 Å². The maximum atomic E-state index is 3.55. The van der Waals surface area contributed by atoms with Crippen molar-refractivity contribution in [2.75, 3.05) is 0 Å². The number of nitrogens with zero attached hydrogens (tertiary/aromatic N) is 1. The van der Waals surface area contributed by atoms with Crippen molar-refractivity contribution in [2.24, 2.45) is 0 Å². The highest BCUT2D eigenvalue weighted by molar-refractivity contribution is 9.10. The number of fused-ring (bicyclic) bond motifs is 1. The van der Waals surface area contributed by atoms with Crippen LogP contribution in [0.1, 0.15) is 18.4 Å². The summed E-state index contributed by atoms with van der Waals surface area (Å²) in [6.07, 6.45) is 5.81. The Balaban J connectivity index is 1.59. The van der Waals surface area contributed by atoms with Crippen LogP contribution in [0.15, 0.2) is 65.3 Å². The molecule has 1 nitrogen and oxygen atoms in total. The van der Waals surface area contributed by atoms with E-state index >= 15 is 0 Å². The fourth-order valence-electron chi connectivity index (χ4n) is 2.61. The fraction of sp³-hybridized carbons (Fsp3) is 0.222. The van der Waals surface area contributed by atoms with Crippen molar-refractivity contribution in [3.8, 4) is 0 Å². The van der Waals surface area contributed by atoms with Crippen LogP contribution in [0.3, 0.4) is 0 Å². The van der Waals surface area contributed by atoms with Gasteiger partial charge in [-0.1, -0.05) is 52.3 Å². The molecule has 0 unspecified atom stereocenters.